The van der Waals surface area contributed by atoms with Crippen LogP contribution in [0.4, 0.5) is 0 Å². The summed E-state index contributed by atoms with van der Waals surface area (Å²) in [6.07, 6.45) is 62.2. The molecule has 0 amide bonds. The molecule has 0 aromatic carbocycles. The first-order valence-electron chi connectivity index (χ1n) is 32.2. The highest BCUT2D eigenvalue weighted by Gasteiger charge is 2.50. The van der Waals surface area contributed by atoms with E-state index in [1.165, 1.54) is 77.0 Å². The molecule has 1 fully saturated rings. The number of ether oxygens (including phenoxy) is 5. The van der Waals surface area contributed by atoms with Gasteiger partial charge in [-0.1, -0.05) is 221 Å². The summed E-state index contributed by atoms with van der Waals surface area (Å²) in [5.74, 6) is -3.17. The van der Waals surface area contributed by atoms with Crippen LogP contribution in [0, 0.1) is 0 Å². The number of allylic oxidation sites excluding steroid dienone is 16. The van der Waals surface area contributed by atoms with Gasteiger partial charge in [-0.15, -0.1) is 0 Å². The van der Waals surface area contributed by atoms with Gasteiger partial charge in [-0.25, -0.2) is 4.79 Å². The Labute approximate surface area is 492 Å². The van der Waals surface area contributed by atoms with Crippen molar-refractivity contribution in [2.24, 2.45) is 0 Å². The van der Waals surface area contributed by atoms with Crippen molar-refractivity contribution < 1.29 is 58.2 Å². The van der Waals surface area contributed by atoms with Gasteiger partial charge in [0, 0.05) is 19.3 Å². The summed E-state index contributed by atoms with van der Waals surface area (Å²) in [5, 5.41) is 31.6. The molecule has 0 radical (unpaired) electrons. The standard InChI is InChI=1S/C69H114O12/c1-4-7-10-13-16-19-22-25-28-30-31-33-35-37-40-43-46-49-52-55-61(70)77-58-60(79-62(71)56-53-50-47-44-41-39-36-32-29-26-23-20-17-14-11-8-5-2)59-78-69-67(65(74)64(73)66(81-69)68(75)76)80-63(72)57-54-51-48-45-42-38-34-27-24-21-18-15-12-9-6-3/h8,11,16-21,25-29,34,36,39,60,64-67,69,73-74H,4-7,9-10,12-15,22-24,30-33,35,37-38,40-59H2,1-3H3,(H,75,76)/b11-8-,19-16-,20-17-,21-18-,28-25-,29-26-,34-27-,39-36-. The first-order valence-corrected chi connectivity index (χ1v) is 32.2. The first kappa shape index (κ1) is 74.7. The van der Waals surface area contributed by atoms with Gasteiger partial charge in [-0.05, 0) is 122 Å². The number of hydrogen-bond donors (Lipinski definition) is 3. The molecule has 12 heteroatoms. The molecule has 81 heavy (non-hydrogen) atoms. The summed E-state index contributed by atoms with van der Waals surface area (Å²) in [6.45, 7) is 5.82. The van der Waals surface area contributed by atoms with Crippen molar-refractivity contribution >= 4 is 23.9 Å². The third-order valence-electron chi connectivity index (χ3n) is 14.1. The normalized spacial score (nSPS) is 18.4. The third-order valence-corrected chi connectivity index (χ3v) is 14.1. The van der Waals surface area contributed by atoms with Gasteiger partial charge in [-0.3, -0.25) is 14.4 Å². The molecule has 1 rings (SSSR count). The number of carbonyl (C=O) groups excluding carboxylic acids is 3. The Hall–Kier alpha value is -4.36. The lowest BCUT2D eigenvalue weighted by Crippen LogP contribution is -2.61. The highest BCUT2D eigenvalue weighted by Crippen LogP contribution is 2.26. The van der Waals surface area contributed by atoms with Crippen LogP contribution in [0.25, 0.3) is 0 Å². The average Bonchev–Trinajstić information content (AvgIpc) is 3.52. The summed E-state index contributed by atoms with van der Waals surface area (Å²) < 4.78 is 28.5. The number of rotatable bonds is 54. The summed E-state index contributed by atoms with van der Waals surface area (Å²) in [7, 11) is 0. The summed E-state index contributed by atoms with van der Waals surface area (Å²) in [6, 6.07) is 0. The second kappa shape index (κ2) is 56.1. The molecule has 1 saturated heterocycles. The van der Waals surface area contributed by atoms with Gasteiger partial charge < -0.3 is 39.0 Å². The van der Waals surface area contributed by atoms with Gasteiger partial charge in [-0.2, -0.15) is 0 Å². The van der Waals surface area contributed by atoms with Crippen LogP contribution in [0.3, 0.4) is 0 Å². The maximum atomic E-state index is 13.2. The zero-order valence-corrected chi connectivity index (χ0v) is 51.0. The minimum Gasteiger partial charge on any atom is -0.479 e. The molecule has 0 bridgehead atoms. The fourth-order valence-corrected chi connectivity index (χ4v) is 9.18. The molecule has 1 aliphatic rings. The lowest BCUT2D eigenvalue weighted by atomic mass is 9.98. The predicted octanol–water partition coefficient (Wildman–Crippen LogP) is 17.2. The second-order valence-electron chi connectivity index (χ2n) is 21.7. The second-order valence-corrected chi connectivity index (χ2v) is 21.7. The zero-order chi connectivity index (χ0) is 58.9. The van der Waals surface area contributed by atoms with Crippen LogP contribution in [0.15, 0.2) is 97.2 Å². The topological polar surface area (TPSA) is 175 Å². The predicted molar refractivity (Wildman–Crippen MR) is 331 cm³/mol. The molecule has 1 aliphatic heterocycles. The van der Waals surface area contributed by atoms with Crippen molar-refractivity contribution in [1.82, 2.24) is 0 Å². The van der Waals surface area contributed by atoms with Crippen LogP contribution in [0.1, 0.15) is 265 Å². The van der Waals surface area contributed by atoms with E-state index in [-0.39, 0.29) is 25.9 Å². The fraction of sp³-hybridized carbons (Fsp3) is 0.710. The smallest absolute Gasteiger partial charge is 0.335 e. The third kappa shape index (κ3) is 45.8. The number of unbranched alkanes of at least 4 members (excludes halogenated alkanes) is 24. The number of aliphatic hydroxyl groups is 2. The monoisotopic (exact) mass is 1130 g/mol. The lowest BCUT2D eigenvalue weighted by molar-refractivity contribution is -0.301. The molecule has 462 valence electrons. The van der Waals surface area contributed by atoms with E-state index in [1.54, 1.807) is 0 Å². The number of carbonyl (C=O) groups is 4. The molecular formula is C69H114O12. The van der Waals surface area contributed by atoms with Gasteiger partial charge >= 0.3 is 23.9 Å². The van der Waals surface area contributed by atoms with Crippen LogP contribution in [-0.4, -0.2) is 89.2 Å². The van der Waals surface area contributed by atoms with Crippen molar-refractivity contribution in [3.63, 3.8) is 0 Å². The Morgan fingerprint density at radius 1 is 0.420 bits per heavy atom. The Kier molecular flexibility index (Phi) is 51.7. The Morgan fingerprint density at radius 3 is 1.19 bits per heavy atom. The van der Waals surface area contributed by atoms with Gasteiger partial charge in [0.2, 0.25) is 0 Å². The molecule has 0 saturated carbocycles. The van der Waals surface area contributed by atoms with Crippen LogP contribution < -0.4 is 0 Å². The van der Waals surface area contributed by atoms with Gasteiger partial charge in [0.1, 0.15) is 18.8 Å². The zero-order valence-electron chi connectivity index (χ0n) is 51.0. The van der Waals surface area contributed by atoms with Crippen molar-refractivity contribution in [3.05, 3.63) is 97.2 Å². The largest absolute Gasteiger partial charge is 0.479 e. The summed E-state index contributed by atoms with van der Waals surface area (Å²) in [4.78, 5) is 51.3. The van der Waals surface area contributed by atoms with E-state index in [2.05, 4.69) is 118 Å². The molecule has 6 atom stereocenters. The first-order chi connectivity index (χ1) is 39.6. The van der Waals surface area contributed by atoms with Crippen molar-refractivity contribution in [2.75, 3.05) is 13.2 Å². The Morgan fingerprint density at radius 2 is 0.778 bits per heavy atom. The molecule has 12 nitrogen and oxygen atoms in total. The molecule has 6 unspecified atom stereocenters. The molecular weight excluding hydrogens is 1020 g/mol. The average molecular weight is 1140 g/mol. The minimum atomic E-state index is -1.92. The van der Waals surface area contributed by atoms with E-state index in [4.69, 9.17) is 23.7 Å². The highest BCUT2D eigenvalue weighted by molar-refractivity contribution is 5.74. The molecule has 0 aromatic heterocycles. The Balaban J connectivity index is 2.69. The van der Waals surface area contributed by atoms with Crippen molar-refractivity contribution in [1.29, 1.82) is 0 Å². The van der Waals surface area contributed by atoms with E-state index < -0.39 is 67.3 Å². The van der Waals surface area contributed by atoms with Crippen LogP contribution >= 0.6 is 0 Å². The van der Waals surface area contributed by atoms with Crippen molar-refractivity contribution in [3.8, 4) is 0 Å². The van der Waals surface area contributed by atoms with E-state index in [0.717, 1.165) is 128 Å². The maximum Gasteiger partial charge on any atom is 0.335 e. The van der Waals surface area contributed by atoms with Gasteiger partial charge in [0.25, 0.3) is 0 Å². The van der Waals surface area contributed by atoms with Crippen LogP contribution in [0.5, 0.6) is 0 Å². The van der Waals surface area contributed by atoms with E-state index in [9.17, 15) is 34.5 Å². The highest BCUT2D eigenvalue weighted by atomic mass is 16.7. The molecule has 1 heterocycles. The number of aliphatic hydroxyl groups excluding tert-OH is 2. The Bertz CT molecular complexity index is 1780. The van der Waals surface area contributed by atoms with E-state index in [0.29, 0.717) is 19.3 Å². The fourth-order valence-electron chi connectivity index (χ4n) is 9.18. The number of esters is 3. The van der Waals surface area contributed by atoms with Crippen molar-refractivity contribution in [2.45, 2.75) is 302 Å². The van der Waals surface area contributed by atoms with E-state index >= 15 is 0 Å². The molecule has 0 spiro atoms. The number of carboxylic acid groups (broad SMARTS) is 1. The molecule has 3 N–H and O–H groups in total. The summed E-state index contributed by atoms with van der Waals surface area (Å²) in [5.41, 5.74) is 0. The van der Waals surface area contributed by atoms with Gasteiger partial charge in [0.05, 0.1) is 6.61 Å². The van der Waals surface area contributed by atoms with Crippen LogP contribution in [0.2, 0.25) is 0 Å². The molecule has 0 aromatic rings. The minimum absolute atomic E-state index is 0.0375. The van der Waals surface area contributed by atoms with Gasteiger partial charge in [0.15, 0.2) is 24.6 Å². The quantitative estimate of drug-likeness (QED) is 0.0228. The number of hydrogen-bond acceptors (Lipinski definition) is 11. The number of aliphatic carboxylic acids is 1. The summed E-state index contributed by atoms with van der Waals surface area (Å²) >= 11 is 0. The van der Waals surface area contributed by atoms with E-state index in [1.807, 2.05) is 0 Å². The maximum absolute atomic E-state index is 13.2. The lowest BCUT2D eigenvalue weighted by Gasteiger charge is -2.40. The molecule has 0 aliphatic carbocycles. The number of carboxylic acids is 1. The SMILES string of the molecule is CC/C=C\C/C=C\C/C=C\C/C=C\CCCCCCC(=O)OC(COC(=O)CCCCCCCCCCC/C=C\C/C=C\CCCCC)COC1OC(C(=O)O)C(O)C(O)C1OC(=O)CCCCCCC/C=C\C/C=C\CCCCC. The van der Waals surface area contributed by atoms with Crippen LogP contribution in [-0.2, 0) is 42.9 Å².